The number of aliphatic imine (C=N–C) groups is 1. The van der Waals surface area contributed by atoms with E-state index in [9.17, 15) is 5.11 Å². The molecular formula is C18H22ClN3O2. The van der Waals surface area contributed by atoms with Crippen molar-refractivity contribution in [1.82, 2.24) is 4.90 Å². The first-order valence-electron chi connectivity index (χ1n) is 7.97. The van der Waals surface area contributed by atoms with Crippen molar-refractivity contribution in [1.29, 1.82) is 5.41 Å². The van der Waals surface area contributed by atoms with Crippen LogP contribution in [0.2, 0.25) is 5.02 Å². The Morgan fingerprint density at radius 1 is 1.21 bits per heavy atom. The summed E-state index contributed by atoms with van der Waals surface area (Å²) >= 11 is 6.18. The van der Waals surface area contributed by atoms with Gasteiger partial charge in [0.25, 0.3) is 0 Å². The second-order valence-electron chi connectivity index (χ2n) is 5.19. The fraction of sp³-hybridized carbons (Fsp3) is 0.333. The summed E-state index contributed by atoms with van der Waals surface area (Å²) < 4.78 is 5.53. The zero-order valence-electron chi connectivity index (χ0n) is 14.1. The van der Waals surface area contributed by atoms with Gasteiger partial charge in [-0.05, 0) is 39.0 Å². The molecule has 0 radical (unpaired) electrons. The van der Waals surface area contributed by atoms with Crippen LogP contribution < -0.4 is 0 Å². The molecule has 0 saturated carbocycles. The van der Waals surface area contributed by atoms with Gasteiger partial charge in [-0.2, -0.15) is 0 Å². The first-order valence-corrected chi connectivity index (χ1v) is 8.35. The molecule has 5 nitrogen and oxygen atoms in total. The molecule has 0 fully saturated rings. The molecule has 0 amide bonds. The molecule has 0 saturated heterocycles. The van der Waals surface area contributed by atoms with Gasteiger partial charge in [0.15, 0.2) is 0 Å². The van der Waals surface area contributed by atoms with Crippen molar-refractivity contribution < 1.29 is 9.84 Å². The van der Waals surface area contributed by atoms with Crippen molar-refractivity contribution in [3.63, 3.8) is 0 Å². The Bertz CT molecular complexity index is 719. The average Bonchev–Trinajstić information content (AvgIpc) is 2.55. The molecule has 1 aliphatic carbocycles. The predicted molar refractivity (Wildman–Crippen MR) is 98.7 cm³/mol. The van der Waals surface area contributed by atoms with E-state index in [1.165, 1.54) is 6.07 Å². The number of hydrogen-bond acceptors (Lipinski definition) is 5. The van der Waals surface area contributed by atoms with Gasteiger partial charge in [-0.15, -0.1) is 0 Å². The Kier molecular flexibility index (Phi) is 6.04. The Morgan fingerprint density at radius 3 is 2.50 bits per heavy atom. The number of halogens is 1. The molecule has 6 heteroatoms. The van der Waals surface area contributed by atoms with Crippen LogP contribution >= 0.6 is 11.6 Å². The lowest BCUT2D eigenvalue weighted by atomic mass is 10.0. The molecule has 0 atom stereocenters. The number of phenols is 1. The molecule has 0 spiro atoms. The summed E-state index contributed by atoms with van der Waals surface area (Å²) in [7, 11) is 0. The van der Waals surface area contributed by atoms with Gasteiger partial charge in [0.1, 0.15) is 11.5 Å². The summed E-state index contributed by atoms with van der Waals surface area (Å²) in [5, 5.41) is 18.0. The molecule has 0 aliphatic heterocycles. The summed E-state index contributed by atoms with van der Waals surface area (Å²) in [6.07, 6.45) is 3.54. The lowest BCUT2D eigenvalue weighted by Crippen LogP contribution is -2.30. The van der Waals surface area contributed by atoms with E-state index in [1.54, 1.807) is 24.3 Å². The molecule has 128 valence electrons. The van der Waals surface area contributed by atoms with Gasteiger partial charge in [-0.1, -0.05) is 11.6 Å². The fourth-order valence-corrected chi connectivity index (χ4v) is 2.67. The van der Waals surface area contributed by atoms with Crippen molar-refractivity contribution >= 4 is 28.7 Å². The van der Waals surface area contributed by atoms with Crippen molar-refractivity contribution in [2.45, 2.75) is 20.8 Å². The first-order chi connectivity index (χ1) is 11.5. The van der Waals surface area contributed by atoms with E-state index in [4.69, 9.17) is 21.7 Å². The van der Waals surface area contributed by atoms with E-state index in [2.05, 4.69) is 23.7 Å². The molecule has 0 unspecified atom stereocenters. The molecule has 0 heterocycles. The smallest absolute Gasteiger partial charge is 0.146 e. The zero-order valence-corrected chi connectivity index (χ0v) is 14.9. The van der Waals surface area contributed by atoms with Gasteiger partial charge >= 0.3 is 0 Å². The number of ether oxygens (including phenoxy) is 1. The van der Waals surface area contributed by atoms with Gasteiger partial charge in [0.2, 0.25) is 0 Å². The maximum atomic E-state index is 9.49. The summed E-state index contributed by atoms with van der Waals surface area (Å²) in [5.41, 5.74) is 2.43. The highest BCUT2D eigenvalue weighted by molar-refractivity contribution is 6.33. The predicted octanol–water partition coefficient (Wildman–Crippen LogP) is 4.30. The molecule has 1 aromatic carbocycles. The van der Waals surface area contributed by atoms with Crippen LogP contribution in [0.1, 0.15) is 20.8 Å². The monoisotopic (exact) mass is 347 g/mol. The molecule has 2 N–H and O–H groups in total. The summed E-state index contributed by atoms with van der Waals surface area (Å²) in [6, 6.07) is 4.67. The van der Waals surface area contributed by atoms with Crippen LogP contribution in [0.25, 0.3) is 0 Å². The van der Waals surface area contributed by atoms with Crippen LogP contribution in [0, 0.1) is 5.41 Å². The lowest BCUT2D eigenvalue weighted by Gasteiger charge is -2.27. The number of benzene rings is 1. The number of aromatic hydroxyl groups is 1. The van der Waals surface area contributed by atoms with Crippen LogP contribution in [0.3, 0.4) is 0 Å². The zero-order chi connectivity index (χ0) is 17.7. The van der Waals surface area contributed by atoms with Gasteiger partial charge in [-0.3, -0.25) is 5.41 Å². The standard InChI is InChI=1S/C18H22ClN3O2/c1-4-22(5-2)17-10-14(20)18(24-6-3)11-16(17)21-15-8-7-12(23)9-13(15)19/h7-11,20,23H,4-6H2,1-3H3. The fourth-order valence-electron chi connectivity index (χ4n) is 2.46. The minimum atomic E-state index is 0.0967. The van der Waals surface area contributed by atoms with Crippen molar-refractivity contribution in [2.24, 2.45) is 4.99 Å². The number of nitrogens with one attached hydrogen (secondary N) is 1. The van der Waals surface area contributed by atoms with Crippen molar-refractivity contribution in [2.75, 3.05) is 19.7 Å². The van der Waals surface area contributed by atoms with Crippen LogP contribution in [0.15, 0.2) is 46.8 Å². The first kappa shape index (κ1) is 18.1. The largest absolute Gasteiger partial charge is 0.508 e. The minimum Gasteiger partial charge on any atom is -0.508 e. The maximum Gasteiger partial charge on any atom is 0.146 e. The molecule has 1 aromatic rings. The van der Waals surface area contributed by atoms with Gasteiger partial charge in [0.05, 0.1) is 34.4 Å². The van der Waals surface area contributed by atoms with Crippen LogP contribution in [0.5, 0.6) is 5.75 Å². The highest BCUT2D eigenvalue weighted by Gasteiger charge is 2.21. The van der Waals surface area contributed by atoms with Crippen LogP contribution in [-0.2, 0) is 4.74 Å². The third-order valence-corrected chi connectivity index (χ3v) is 3.96. The minimum absolute atomic E-state index is 0.0967. The number of hydrogen-bond donors (Lipinski definition) is 2. The van der Waals surface area contributed by atoms with Crippen molar-refractivity contribution in [3.05, 3.63) is 46.8 Å². The number of phenolic OH excluding ortho intramolecular Hbond substituents is 1. The lowest BCUT2D eigenvalue weighted by molar-refractivity contribution is 0.249. The number of allylic oxidation sites excluding steroid dienone is 2. The van der Waals surface area contributed by atoms with Crippen LogP contribution in [-0.4, -0.2) is 41.1 Å². The second kappa shape index (κ2) is 8.02. The summed E-state index contributed by atoms with van der Waals surface area (Å²) in [6.45, 7) is 8.08. The second-order valence-corrected chi connectivity index (χ2v) is 5.60. The molecular weight excluding hydrogens is 326 g/mol. The topological polar surface area (TPSA) is 68.9 Å². The highest BCUT2D eigenvalue weighted by atomic mass is 35.5. The van der Waals surface area contributed by atoms with Crippen molar-refractivity contribution in [3.8, 4) is 5.75 Å². The van der Waals surface area contributed by atoms with E-state index < -0.39 is 0 Å². The Labute approximate surface area is 147 Å². The van der Waals surface area contributed by atoms with E-state index >= 15 is 0 Å². The van der Waals surface area contributed by atoms with E-state index in [0.717, 1.165) is 18.8 Å². The normalized spacial score (nSPS) is 16.0. The summed E-state index contributed by atoms with van der Waals surface area (Å²) in [4.78, 5) is 6.76. The Morgan fingerprint density at radius 2 is 1.92 bits per heavy atom. The summed E-state index contributed by atoms with van der Waals surface area (Å²) in [5.74, 6) is 0.585. The molecule has 24 heavy (non-hydrogen) atoms. The average molecular weight is 348 g/mol. The Hall–Kier alpha value is -2.27. The molecule has 1 aliphatic rings. The molecule has 0 bridgehead atoms. The van der Waals surface area contributed by atoms with E-state index in [-0.39, 0.29) is 5.75 Å². The van der Waals surface area contributed by atoms with E-state index in [0.29, 0.717) is 34.5 Å². The Balaban J connectivity index is 2.52. The number of nitrogens with zero attached hydrogens (tertiary/aromatic N) is 2. The SMILES string of the molecule is CCOC1=CC(=Nc2ccc(O)cc2Cl)C(N(CC)CC)=CC1=N. The van der Waals surface area contributed by atoms with E-state index in [1.807, 2.05) is 6.92 Å². The third kappa shape index (κ3) is 3.97. The maximum absolute atomic E-state index is 9.49. The molecule has 2 rings (SSSR count). The van der Waals surface area contributed by atoms with Gasteiger partial charge in [0, 0.05) is 25.2 Å². The third-order valence-electron chi connectivity index (χ3n) is 3.65. The quantitative estimate of drug-likeness (QED) is 0.754. The van der Waals surface area contributed by atoms with Crippen LogP contribution in [0.4, 0.5) is 5.69 Å². The highest BCUT2D eigenvalue weighted by Crippen LogP contribution is 2.30. The van der Waals surface area contributed by atoms with Gasteiger partial charge < -0.3 is 14.7 Å². The van der Waals surface area contributed by atoms with Gasteiger partial charge in [-0.25, -0.2) is 4.99 Å². The molecule has 0 aromatic heterocycles. The number of rotatable bonds is 6.